The average molecular weight is 536 g/mol. The Morgan fingerprint density at radius 1 is 1.08 bits per heavy atom. The van der Waals surface area contributed by atoms with Crippen molar-refractivity contribution in [1.29, 1.82) is 0 Å². The van der Waals surface area contributed by atoms with Gasteiger partial charge in [0.25, 0.3) is 0 Å². The van der Waals surface area contributed by atoms with Gasteiger partial charge in [-0.1, -0.05) is 56.7 Å². The second-order valence-corrected chi connectivity index (χ2v) is 12.7. The summed E-state index contributed by atoms with van der Waals surface area (Å²) in [5.74, 6) is 1.18. The van der Waals surface area contributed by atoms with Crippen molar-refractivity contribution in [3.8, 4) is 5.75 Å². The first-order valence-corrected chi connectivity index (χ1v) is 15.3. The zero-order valence-corrected chi connectivity index (χ0v) is 23.7. The minimum Gasteiger partial charge on any atom is -0.508 e. The summed E-state index contributed by atoms with van der Waals surface area (Å²) in [5.41, 5.74) is 3.12. The Balaban J connectivity index is 1.25. The summed E-state index contributed by atoms with van der Waals surface area (Å²) < 4.78 is 16.0. The van der Waals surface area contributed by atoms with Crippen LogP contribution in [0.5, 0.6) is 5.75 Å². The molecule has 5 heteroatoms. The lowest BCUT2D eigenvalue weighted by Crippen LogP contribution is -2.51. The van der Waals surface area contributed by atoms with Crippen LogP contribution in [-0.2, 0) is 17.6 Å². The van der Waals surface area contributed by atoms with Gasteiger partial charge < -0.3 is 15.1 Å². The number of benzene rings is 2. The van der Waals surface area contributed by atoms with Gasteiger partial charge in [0.1, 0.15) is 11.9 Å². The molecule has 0 radical (unpaired) electrons. The van der Waals surface area contributed by atoms with Gasteiger partial charge in [-0.3, -0.25) is 4.79 Å². The SMILES string of the molecule is CCC(=O)N(CCCCC1Cc2cc(O)ccc2C2C(F)C[C@]3(C)C(O)CCC3C12)CCCc1ccccc1. The van der Waals surface area contributed by atoms with Crippen molar-refractivity contribution in [1.82, 2.24) is 4.90 Å². The minimum atomic E-state index is -0.975. The van der Waals surface area contributed by atoms with Crippen LogP contribution >= 0.6 is 0 Å². The van der Waals surface area contributed by atoms with Crippen LogP contribution in [0.2, 0.25) is 0 Å². The van der Waals surface area contributed by atoms with Crippen LogP contribution in [0, 0.1) is 23.2 Å². The van der Waals surface area contributed by atoms with Crippen LogP contribution < -0.4 is 0 Å². The van der Waals surface area contributed by atoms with Crippen molar-refractivity contribution in [2.75, 3.05) is 13.1 Å². The number of phenolic OH excluding ortho intramolecular Hbond substituents is 1. The van der Waals surface area contributed by atoms with Crippen molar-refractivity contribution < 1.29 is 19.4 Å². The van der Waals surface area contributed by atoms with E-state index in [1.54, 1.807) is 6.07 Å². The van der Waals surface area contributed by atoms with Gasteiger partial charge in [-0.2, -0.15) is 0 Å². The Labute approximate surface area is 233 Å². The quantitative estimate of drug-likeness (QED) is 0.328. The van der Waals surface area contributed by atoms with E-state index in [0.717, 1.165) is 75.6 Å². The van der Waals surface area contributed by atoms with Gasteiger partial charge in [-0.25, -0.2) is 4.39 Å². The second kappa shape index (κ2) is 12.0. The molecule has 0 saturated heterocycles. The van der Waals surface area contributed by atoms with E-state index < -0.39 is 12.3 Å². The molecule has 3 aliphatic rings. The highest BCUT2D eigenvalue weighted by Crippen LogP contribution is 2.63. The topological polar surface area (TPSA) is 60.8 Å². The molecule has 1 amide bonds. The summed E-state index contributed by atoms with van der Waals surface area (Å²) >= 11 is 0. The molecule has 4 nitrogen and oxygen atoms in total. The summed E-state index contributed by atoms with van der Waals surface area (Å²) in [5, 5.41) is 21.1. The summed E-state index contributed by atoms with van der Waals surface area (Å²) in [4.78, 5) is 14.7. The van der Waals surface area contributed by atoms with Crippen molar-refractivity contribution >= 4 is 5.91 Å². The number of carbonyl (C=O) groups excluding carboxylic acids is 1. The summed E-state index contributed by atoms with van der Waals surface area (Å²) in [6.45, 7) is 5.60. The summed E-state index contributed by atoms with van der Waals surface area (Å²) in [6.07, 6.45) is 7.01. The number of fused-ring (bicyclic) bond motifs is 5. The van der Waals surface area contributed by atoms with Gasteiger partial charge in [0.05, 0.1) is 6.10 Å². The Bertz CT molecular complexity index is 1120. The smallest absolute Gasteiger partial charge is 0.222 e. The normalized spacial score (nSPS) is 31.3. The highest BCUT2D eigenvalue weighted by atomic mass is 19.1. The number of hydrogen-bond donors (Lipinski definition) is 2. The molecule has 39 heavy (non-hydrogen) atoms. The number of phenols is 1. The fourth-order valence-electron chi connectivity index (χ4n) is 8.45. The molecule has 7 atom stereocenters. The lowest BCUT2D eigenvalue weighted by molar-refractivity contribution is -0.131. The first-order valence-electron chi connectivity index (χ1n) is 15.3. The Morgan fingerprint density at radius 2 is 1.85 bits per heavy atom. The van der Waals surface area contributed by atoms with Crippen LogP contribution in [0.25, 0.3) is 0 Å². The maximum Gasteiger partial charge on any atom is 0.222 e. The van der Waals surface area contributed by atoms with Crippen LogP contribution in [0.1, 0.15) is 87.8 Å². The molecule has 0 bridgehead atoms. The number of unbranched alkanes of at least 4 members (excludes halogenated alkanes) is 1. The second-order valence-electron chi connectivity index (χ2n) is 12.7. The third kappa shape index (κ3) is 5.75. The average Bonchev–Trinajstić information content (AvgIpc) is 3.22. The third-order valence-electron chi connectivity index (χ3n) is 10.4. The lowest BCUT2D eigenvalue weighted by Gasteiger charge is -2.54. The van der Waals surface area contributed by atoms with E-state index in [1.807, 2.05) is 30.0 Å². The zero-order chi connectivity index (χ0) is 27.6. The van der Waals surface area contributed by atoms with Crippen molar-refractivity contribution in [2.24, 2.45) is 23.2 Å². The molecule has 0 spiro atoms. The standard InChI is InChI=1S/C34H46FNO3/c1-3-31(39)36(19-9-12-23-10-5-4-6-11-23)18-8-7-13-24-20-25-21-26(37)14-15-27(25)33-29(35)22-34(2)28(32(24)33)16-17-30(34)38/h4-6,10-11,14-15,21,24,28-30,32-33,37-38H,3,7-9,12-13,16-20,22H2,1-2H3/t24?,28?,29?,30?,32?,33?,34-/m0/s1. The highest BCUT2D eigenvalue weighted by Gasteiger charge is 2.59. The van der Waals surface area contributed by atoms with Crippen molar-refractivity contribution in [3.05, 3.63) is 65.2 Å². The number of aliphatic hydroxyl groups is 1. The number of aliphatic hydroxyl groups excluding tert-OH is 1. The fourth-order valence-corrected chi connectivity index (χ4v) is 8.45. The molecular weight excluding hydrogens is 489 g/mol. The Hall–Kier alpha value is -2.40. The van der Waals surface area contributed by atoms with Crippen LogP contribution in [-0.4, -0.2) is 46.4 Å². The zero-order valence-electron chi connectivity index (χ0n) is 23.7. The minimum absolute atomic E-state index is 0.154. The molecule has 0 aromatic heterocycles. The predicted molar refractivity (Wildman–Crippen MR) is 153 cm³/mol. The molecule has 2 N–H and O–H groups in total. The first kappa shape index (κ1) is 28.1. The molecule has 2 fully saturated rings. The van der Waals surface area contributed by atoms with Gasteiger partial charge in [0.2, 0.25) is 5.91 Å². The molecule has 2 aromatic rings. The fraction of sp³-hybridized carbons (Fsp3) is 0.618. The molecule has 3 aliphatic carbocycles. The van der Waals surface area contributed by atoms with Gasteiger partial charge in [-0.05, 0) is 103 Å². The molecule has 212 valence electrons. The van der Waals surface area contributed by atoms with Crippen LogP contribution in [0.15, 0.2) is 48.5 Å². The van der Waals surface area contributed by atoms with E-state index in [4.69, 9.17) is 0 Å². The van der Waals surface area contributed by atoms with E-state index in [9.17, 15) is 15.0 Å². The van der Waals surface area contributed by atoms with E-state index in [2.05, 4.69) is 31.2 Å². The summed E-state index contributed by atoms with van der Waals surface area (Å²) in [6, 6.07) is 15.9. The van der Waals surface area contributed by atoms with Gasteiger partial charge >= 0.3 is 0 Å². The van der Waals surface area contributed by atoms with Crippen molar-refractivity contribution in [2.45, 2.75) is 96.2 Å². The number of nitrogens with zero attached hydrogens (tertiary/aromatic N) is 1. The number of aromatic hydroxyl groups is 1. The van der Waals surface area contributed by atoms with E-state index >= 15 is 4.39 Å². The first-order chi connectivity index (χ1) is 18.8. The third-order valence-corrected chi connectivity index (χ3v) is 10.4. The van der Waals surface area contributed by atoms with Crippen LogP contribution in [0.3, 0.4) is 0 Å². The van der Waals surface area contributed by atoms with E-state index in [1.165, 1.54) is 5.56 Å². The maximum absolute atomic E-state index is 16.0. The van der Waals surface area contributed by atoms with E-state index in [-0.39, 0.29) is 28.9 Å². The molecule has 2 saturated carbocycles. The number of alkyl halides is 1. The van der Waals surface area contributed by atoms with Gasteiger partial charge in [0.15, 0.2) is 0 Å². The number of rotatable bonds is 10. The number of hydrogen-bond acceptors (Lipinski definition) is 3. The maximum atomic E-state index is 16.0. The molecule has 0 aliphatic heterocycles. The van der Waals surface area contributed by atoms with Crippen molar-refractivity contribution in [3.63, 3.8) is 0 Å². The largest absolute Gasteiger partial charge is 0.508 e. The molecule has 6 unspecified atom stereocenters. The van der Waals surface area contributed by atoms with Crippen LogP contribution in [0.4, 0.5) is 4.39 Å². The Kier molecular flexibility index (Phi) is 8.66. The number of halogens is 1. The number of amides is 1. The lowest BCUT2D eigenvalue weighted by atomic mass is 9.51. The Morgan fingerprint density at radius 3 is 2.62 bits per heavy atom. The predicted octanol–water partition coefficient (Wildman–Crippen LogP) is 6.83. The number of aryl methyl sites for hydroxylation is 1. The van der Waals surface area contributed by atoms with Gasteiger partial charge in [0, 0.05) is 25.4 Å². The molecule has 5 rings (SSSR count). The highest BCUT2D eigenvalue weighted by molar-refractivity contribution is 5.75. The molecular formula is C34H46FNO3. The summed E-state index contributed by atoms with van der Waals surface area (Å²) in [7, 11) is 0. The monoisotopic (exact) mass is 535 g/mol. The molecule has 2 aromatic carbocycles. The number of carbonyl (C=O) groups is 1. The van der Waals surface area contributed by atoms with Gasteiger partial charge in [-0.15, -0.1) is 0 Å². The molecule has 0 heterocycles. The van der Waals surface area contributed by atoms with E-state index in [0.29, 0.717) is 24.7 Å².